The number of aromatic nitrogens is 4. The number of imidazole rings is 1. The summed E-state index contributed by atoms with van der Waals surface area (Å²) in [7, 11) is 0. The number of anilines is 2. The molecule has 0 radical (unpaired) electrons. The maximum Gasteiger partial charge on any atom is 0.212 e. The molecule has 0 fully saturated rings. The zero-order valence-corrected chi connectivity index (χ0v) is 11.8. The van der Waals surface area contributed by atoms with Crippen LogP contribution >= 0.6 is 22.7 Å². The van der Waals surface area contributed by atoms with Crippen LogP contribution in [0.4, 0.5) is 11.1 Å². The van der Waals surface area contributed by atoms with Gasteiger partial charge in [-0.25, -0.2) is 4.98 Å². The first-order chi connectivity index (χ1) is 9.88. The van der Waals surface area contributed by atoms with Crippen molar-refractivity contribution in [1.29, 1.82) is 0 Å². The molecule has 3 aromatic heterocycles. The number of rotatable bonds is 3. The second-order valence-electron chi connectivity index (χ2n) is 4.12. The highest BCUT2D eigenvalue weighted by atomic mass is 32.1. The Hall–Kier alpha value is -2.25. The molecule has 4 rings (SSSR count). The van der Waals surface area contributed by atoms with Crippen molar-refractivity contribution >= 4 is 44.8 Å². The highest BCUT2D eigenvalue weighted by molar-refractivity contribution is 7.22. The minimum absolute atomic E-state index is 0.681. The molecule has 0 bridgehead atoms. The lowest BCUT2D eigenvalue weighted by molar-refractivity contribution is 1.09. The topological polar surface area (TPSA) is 66.5 Å². The van der Waals surface area contributed by atoms with E-state index in [1.165, 1.54) is 11.3 Å². The van der Waals surface area contributed by atoms with Crippen LogP contribution in [0.1, 0.15) is 0 Å². The van der Waals surface area contributed by atoms with Crippen molar-refractivity contribution in [3.05, 3.63) is 41.8 Å². The molecular formula is C13H9N5S2. The number of nitrogens with zero attached hydrogens (tertiary/aromatic N) is 3. The van der Waals surface area contributed by atoms with Crippen molar-refractivity contribution in [2.24, 2.45) is 0 Å². The van der Waals surface area contributed by atoms with E-state index in [4.69, 9.17) is 0 Å². The number of H-pyrrole nitrogens is 1. The van der Waals surface area contributed by atoms with Crippen molar-refractivity contribution in [2.75, 3.05) is 5.32 Å². The van der Waals surface area contributed by atoms with Crippen LogP contribution in [0.25, 0.3) is 20.9 Å². The average Bonchev–Trinajstić information content (AvgIpc) is 3.18. The van der Waals surface area contributed by atoms with E-state index in [1.54, 1.807) is 11.3 Å². The Morgan fingerprint density at radius 3 is 2.85 bits per heavy atom. The second-order valence-corrected chi connectivity index (χ2v) is 6.04. The van der Waals surface area contributed by atoms with E-state index in [-0.39, 0.29) is 0 Å². The smallest absolute Gasteiger partial charge is 0.212 e. The Balaban J connectivity index is 1.62. The summed E-state index contributed by atoms with van der Waals surface area (Å²) in [6.07, 6.45) is 0. The molecule has 0 saturated heterocycles. The fourth-order valence-corrected chi connectivity index (χ4v) is 3.42. The van der Waals surface area contributed by atoms with Gasteiger partial charge in [-0.1, -0.05) is 29.5 Å². The van der Waals surface area contributed by atoms with E-state index >= 15 is 0 Å². The highest BCUT2D eigenvalue weighted by Gasteiger charge is 2.09. The van der Waals surface area contributed by atoms with Crippen molar-refractivity contribution in [1.82, 2.24) is 20.2 Å². The molecule has 7 heteroatoms. The molecule has 0 spiro atoms. The molecule has 2 N–H and O–H groups in total. The molecular weight excluding hydrogens is 290 g/mol. The number of aromatic amines is 1. The molecule has 0 unspecified atom stereocenters. The summed E-state index contributed by atoms with van der Waals surface area (Å²) in [5.41, 5.74) is 1.93. The number of benzene rings is 1. The van der Waals surface area contributed by atoms with Gasteiger partial charge in [0.15, 0.2) is 5.01 Å². The number of thiophene rings is 1. The molecule has 20 heavy (non-hydrogen) atoms. The van der Waals surface area contributed by atoms with Gasteiger partial charge in [0.25, 0.3) is 0 Å². The van der Waals surface area contributed by atoms with E-state index in [1.807, 2.05) is 41.8 Å². The van der Waals surface area contributed by atoms with Crippen LogP contribution in [0.3, 0.4) is 0 Å². The van der Waals surface area contributed by atoms with Gasteiger partial charge < -0.3 is 10.3 Å². The zero-order valence-electron chi connectivity index (χ0n) is 10.2. The molecule has 0 aliphatic heterocycles. The van der Waals surface area contributed by atoms with E-state index in [9.17, 15) is 0 Å². The normalized spacial score (nSPS) is 11.0. The maximum absolute atomic E-state index is 4.45. The van der Waals surface area contributed by atoms with E-state index in [0.717, 1.165) is 26.0 Å². The lowest BCUT2D eigenvalue weighted by atomic mass is 10.3. The van der Waals surface area contributed by atoms with Gasteiger partial charge in [0.2, 0.25) is 11.1 Å². The van der Waals surface area contributed by atoms with Crippen molar-refractivity contribution in [2.45, 2.75) is 0 Å². The second kappa shape index (κ2) is 4.69. The number of para-hydroxylation sites is 2. The first-order valence-corrected chi connectivity index (χ1v) is 7.67. The molecule has 4 aromatic rings. The van der Waals surface area contributed by atoms with Gasteiger partial charge >= 0.3 is 0 Å². The monoisotopic (exact) mass is 299 g/mol. The molecule has 0 aliphatic carbocycles. The molecule has 5 nitrogen and oxygen atoms in total. The summed E-state index contributed by atoms with van der Waals surface area (Å²) in [4.78, 5) is 8.79. The van der Waals surface area contributed by atoms with Gasteiger partial charge in [0.1, 0.15) is 0 Å². The molecule has 0 atom stereocenters. The fourth-order valence-electron chi connectivity index (χ4n) is 1.89. The van der Waals surface area contributed by atoms with Gasteiger partial charge in [-0.15, -0.1) is 21.5 Å². The molecule has 1 aromatic carbocycles. The van der Waals surface area contributed by atoms with Gasteiger partial charge in [-0.3, -0.25) is 0 Å². The average molecular weight is 299 g/mol. The fraction of sp³-hybridized carbons (Fsp3) is 0. The van der Waals surface area contributed by atoms with Crippen molar-refractivity contribution < 1.29 is 0 Å². The Morgan fingerprint density at radius 2 is 2.00 bits per heavy atom. The first-order valence-electron chi connectivity index (χ1n) is 5.98. The Labute approximate surface area is 122 Å². The maximum atomic E-state index is 4.45. The predicted octanol–water partition coefficient (Wildman–Crippen LogP) is 3.89. The summed E-state index contributed by atoms with van der Waals surface area (Å²) in [6.45, 7) is 0. The van der Waals surface area contributed by atoms with E-state index in [0.29, 0.717) is 5.95 Å². The Morgan fingerprint density at radius 1 is 1.05 bits per heavy atom. The van der Waals surface area contributed by atoms with Crippen LogP contribution in [0, 0.1) is 0 Å². The van der Waals surface area contributed by atoms with Crippen LogP contribution in [-0.4, -0.2) is 20.2 Å². The lowest BCUT2D eigenvalue weighted by Gasteiger charge is -1.93. The summed E-state index contributed by atoms with van der Waals surface area (Å²) < 4.78 is 0. The van der Waals surface area contributed by atoms with Crippen LogP contribution in [-0.2, 0) is 0 Å². The Bertz CT molecular complexity index is 814. The summed E-state index contributed by atoms with van der Waals surface area (Å²) in [5.74, 6) is 0.681. The standard InChI is InChI=1S/C13H9N5S2/c1-2-5-9-8(4-1)14-12(15-9)16-13-18-17-11(20-13)10-6-3-7-19-10/h1-7H,(H2,14,15,16,18). The Kier molecular flexibility index (Phi) is 2.71. The molecule has 0 amide bonds. The minimum Gasteiger partial charge on any atom is -0.324 e. The largest absolute Gasteiger partial charge is 0.324 e. The van der Waals surface area contributed by atoms with Crippen molar-refractivity contribution in [3.63, 3.8) is 0 Å². The predicted molar refractivity (Wildman–Crippen MR) is 82.6 cm³/mol. The van der Waals surface area contributed by atoms with Gasteiger partial charge in [-0.05, 0) is 23.6 Å². The molecule has 0 aliphatic rings. The SMILES string of the molecule is c1csc(-c2nnc(Nc3nc4ccccc4[nH]3)s2)c1. The lowest BCUT2D eigenvalue weighted by Crippen LogP contribution is -1.90. The quantitative estimate of drug-likeness (QED) is 0.602. The zero-order chi connectivity index (χ0) is 13.4. The van der Waals surface area contributed by atoms with Crippen LogP contribution in [0.2, 0.25) is 0 Å². The van der Waals surface area contributed by atoms with Gasteiger partial charge in [0.05, 0.1) is 15.9 Å². The summed E-state index contributed by atoms with van der Waals surface area (Å²) in [6, 6.07) is 11.9. The van der Waals surface area contributed by atoms with Crippen molar-refractivity contribution in [3.8, 4) is 9.88 Å². The minimum atomic E-state index is 0.681. The highest BCUT2D eigenvalue weighted by Crippen LogP contribution is 2.30. The summed E-state index contributed by atoms with van der Waals surface area (Å²) >= 11 is 3.17. The van der Waals surface area contributed by atoms with E-state index < -0.39 is 0 Å². The molecule has 0 saturated carbocycles. The van der Waals surface area contributed by atoms with Crippen LogP contribution < -0.4 is 5.32 Å². The summed E-state index contributed by atoms with van der Waals surface area (Å²) in [5, 5.41) is 15.2. The van der Waals surface area contributed by atoms with Crippen LogP contribution in [0.15, 0.2) is 41.8 Å². The molecule has 98 valence electrons. The van der Waals surface area contributed by atoms with Crippen LogP contribution in [0.5, 0.6) is 0 Å². The van der Waals surface area contributed by atoms with E-state index in [2.05, 4.69) is 25.5 Å². The number of hydrogen-bond acceptors (Lipinski definition) is 6. The first kappa shape index (κ1) is 11.6. The third-order valence-corrected chi connectivity index (χ3v) is 4.65. The third kappa shape index (κ3) is 2.06. The van der Waals surface area contributed by atoms with Gasteiger partial charge in [-0.2, -0.15) is 0 Å². The molecule has 3 heterocycles. The number of hydrogen-bond donors (Lipinski definition) is 2. The third-order valence-electron chi connectivity index (χ3n) is 2.77. The number of fused-ring (bicyclic) bond motifs is 1. The van der Waals surface area contributed by atoms with Gasteiger partial charge in [0, 0.05) is 0 Å². The number of nitrogens with one attached hydrogen (secondary N) is 2.